The van der Waals surface area contributed by atoms with Crippen LogP contribution in [0, 0.1) is 0 Å². The van der Waals surface area contributed by atoms with Crippen molar-refractivity contribution in [2.75, 3.05) is 4.90 Å². The molecule has 6 heterocycles. The van der Waals surface area contributed by atoms with Crippen LogP contribution in [0.25, 0.3) is 131 Å². The Morgan fingerprint density at radius 2 is 0.587 bits per heavy atom. The van der Waals surface area contributed by atoms with E-state index >= 15 is 9.59 Å². The van der Waals surface area contributed by atoms with Gasteiger partial charge in [-0.3, -0.25) is 9.59 Å². The maximum absolute atomic E-state index is 15.7. The van der Waals surface area contributed by atoms with E-state index in [4.69, 9.17) is 0 Å². The maximum Gasteiger partial charge on any atom is 0.199 e. The molecule has 0 unspecified atom stereocenters. The molecule has 17 aromatic rings. The Morgan fingerprint density at radius 3 is 0.987 bits per heavy atom. The molecular formula is C68H39N5O2. The molecule has 6 aromatic heterocycles. The van der Waals surface area contributed by atoms with Gasteiger partial charge in [-0.2, -0.15) is 0 Å². The first-order valence-electron chi connectivity index (χ1n) is 25.4. The summed E-state index contributed by atoms with van der Waals surface area (Å²) in [6.07, 6.45) is 0. The third kappa shape index (κ3) is 5.13. The first-order valence-corrected chi connectivity index (χ1v) is 25.4. The van der Waals surface area contributed by atoms with E-state index < -0.39 is 0 Å². The summed E-state index contributed by atoms with van der Waals surface area (Å²) in [6, 6.07) is 82.3. The van der Waals surface area contributed by atoms with Crippen LogP contribution in [-0.2, 0) is 0 Å². The Labute approximate surface area is 426 Å². The molecule has 0 radical (unpaired) electrons. The maximum atomic E-state index is 15.7. The largest absolute Gasteiger partial charge is 0.309 e. The highest BCUT2D eigenvalue weighted by Crippen LogP contribution is 2.52. The highest BCUT2D eigenvalue weighted by Gasteiger charge is 2.31. The zero-order valence-electron chi connectivity index (χ0n) is 40.1. The first-order chi connectivity index (χ1) is 37.1. The molecular weight excluding hydrogens is 919 g/mol. The number of aromatic nitrogens is 4. The molecule has 0 fully saturated rings. The van der Waals surface area contributed by atoms with Crippen LogP contribution in [-0.4, -0.2) is 17.9 Å². The minimum Gasteiger partial charge on any atom is -0.309 e. The molecule has 11 aromatic carbocycles. The summed E-state index contributed by atoms with van der Waals surface area (Å²) in [5.41, 5.74) is 13.9. The summed E-state index contributed by atoms with van der Waals surface area (Å²) < 4.78 is 9.23. The highest BCUT2D eigenvalue weighted by molar-refractivity contribution is 6.33. The van der Waals surface area contributed by atoms with Crippen LogP contribution >= 0.6 is 0 Å². The summed E-state index contributed by atoms with van der Waals surface area (Å²) in [5, 5.41) is 11.0. The average Bonchev–Trinajstić information content (AvgIpc) is 4.24. The average molecular weight is 958 g/mol. The molecule has 7 heteroatoms. The molecule has 0 N–H and O–H groups in total. The second kappa shape index (κ2) is 14.7. The lowest BCUT2D eigenvalue weighted by atomic mass is 10.0. The van der Waals surface area contributed by atoms with E-state index in [9.17, 15) is 0 Å². The number of hydrogen-bond acceptors (Lipinski definition) is 3. The number of benzene rings is 11. The van der Waals surface area contributed by atoms with Gasteiger partial charge in [-0.1, -0.05) is 146 Å². The van der Waals surface area contributed by atoms with Crippen LogP contribution in [0.2, 0.25) is 0 Å². The quantitative estimate of drug-likeness (QED) is 0.162. The highest BCUT2D eigenvalue weighted by atomic mass is 16.1. The van der Waals surface area contributed by atoms with E-state index in [1.807, 2.05) is 24.3 Å². The van der Waals surface area contributed by atoms with Crippen LogP contribution in [0.15, 0.2) is 246 Å². The molecule has 0 saturated heterocycles. The molecule has 0 aliphatic heterocycles. The second-order valence-corrected chi connectivity index (χ2v) is 19.8. The SMILES string of the molecule is O=c1c2cccc3c4c(N(c5ccccc5)c5ccccc5)c5c6cccc7c(=O)c8c(-n9c%10ccccc%10c%10ccccc%109)cccc8n(c5cc4n(c4cccc(-n5c8ccccc8c8ccccc85)c14)c23)c76. The number of nitrogens with zero attached hydrogens (tertiary/aromatic N) is 5. The molecule has 0 bridgehead atoms. The van der Waals surface area contributed by atoms with E-state index in [1.54, 1.807) is 0 Å². The lowest BCUT2D eigenvalue weighted by Crippen LogP contribution is -2.11. The minimum atomic E-state index is -0.0171. The van der Waals surface area contributed by atoms with Gasteiger partial charge in [-0.25, -0.2) is 0 Å². The summed E-state index contributed by atoms with van der Waals surface area (Å²) in [4.78, 5) is 33.8. The van der Waals surface area contributed by atoms with E-state index in [-0.39, 0.29) is 10.9 Å². The van der Waals surface area contributed by atoms with Crippen LogP contribution in [0.3, 0.4) is 0 Å². The number of fused-ring (bicyclic) bond motifs is 16. The van der Waals surface area contributed by atoms with E-state index in [0.29, 0.717) is 21.5 Å². The van der Waals surface area contributed by atoms with Crippen molar-refractivity contribution in [1.82, 2.24) is 17.9 Å². The molecule has 7 nitrogen and oxygen atoms in total. The predicted octanol–water partition coefficient (Wildman–Crippen LogP) is 16.4. The van der Waals surface area contributed by atoms with Crippen molar-refractivity contribution in [3.05, 3.63) is 257 Å². The number of rotatable bonds is 5. The van der Waals surface area contributed by atoms with Gasteiger partial charge >= 0.3 is 0 Å². The molecule has 0 spiro atoms. The van der Waals surface area contributed by atoms with Gasteiger partial charge in [0.25, 0.3) is 0 Å². The smallest absolute Gasteiger partial charge is 0.199 e. The monoisotopic (exact) mass is 957 g/mol. The van der Waals surface area contributed by atoms with Crippen LogP contribution < -0.4 is 15.8 Å². The third-order valence-electron chi connectivity index (χ3n) is 16.2. The van der Waals surface area contributed by atoms with Gasteiger partial charge in [0.15, 0.2) is 10.9 Å². The molecule has 17 rings (SSSR count). The van der Waals surface area contributed by atoms with Crippen LogP contribution in [0.4, 0.5) is 17.1 Å². The van der Waals surface area contributed by atoms with Gasteiger partial charge in [-0.15, -0.1) is 0 Å². The fraction of sp³-hybridized carbons (Fsp3) is 0. The standard InChI is InChI=1S/C68H39N5O2/c74-67-48-29-15-27-46-60-58(72(64(46)48)56-37-17-35-54(62(56)67)70-50-31-11-7-23-42(50)43-24-8-12-32-51(43)70)39-59-61(66(60)69(40-19-3-1-4-20-40)41-21-5-2-6-22-41)47-28-16-30-49-65(47)73(59)57-38-18-36-55(63(57)68(49)75)71-52-33-13-9-25-44(52)45-26-10-14-34-53(45)71/h1-39H. The fourth-order valence-electron chi connectivity index (χ4n) is 13.3. The number of anilines is 3. The Balaban J connectivity index is 1.11. The van der Waals surface area contributed by atoms with Crippen molar-refractivity contribution >= 4 is 137 Å². The molecule has 0 aliphatic carbocycles. The molecule has 75 heavy (non-hydrogen) atoms. The Kier molecular flexibility index (Phi) is 7.91. The predicted molar refractivity (Wildman–Crippen MR) is 312 cm³/mol. The van der Waals surface area contributed by atoms with E-state index in [0.717, 1.165) is 127 Å². The summed E-state index contributed by atoms with van der Waals surface area (Å²) >= 11 is 0. The zero-order valence-corrected chi connectivity index (χ0v) is 40.1. The van der Waals surface area contributed by atoms with Gasteiger partial charge in [0.05, 0.1) is 83.0 Å². The topological polar surface area (TPSA) is 56.1 Å². The Bertz CT molecular complexity index is 4980. The van der Waals surface area contributed by atoms with Crippen molar-refractivity contribution in [2.24, 2.45) is 0 Å². The van der Waals surface area contributed by atoms with Crippen molar-refractivity contribution < 1.29 is 0 Å². The van der Waals surface area contributed by atoms with Crippen LogP contribution in [0.5, 0.6) is 0 Å². The lowest BCUT2D eigenvalue weighted by molar-refractivity contribution is 1.19. The Hall–Kier alpha value is -10.2. The molecule has 0 atom stereocenters. The molecule has 0 aliphatic rings. The zero-order chi connectivity index (χ0) is 49.2. The molecule has 0 saturated carbocycles. The van der Waals surface area contributed by atoms with Crippen molar-refractivity contribution in [1.29, 1.82) is 0 Å². The van der Waals surface area contributed by atoms with Gasteiger partial charge < -0.3 is 22.8 Å². The number of para-hydroxylation sites is 8. The van der Waals surface area contributed by atoms with Gasteiger partial charge in [0, 0.05) is 65.2 Å². The molecule has 348 valence electrons. The normalized spacial score (nSPS) is 12.4. The van der Waals surface area contributed by atoms with Crippen molar-refractivity contribution in [3.8, 4) is 11.4 Å². The summed E-state index contributed by atoms with van der Waals surface area (Å²) in [5.74, 6) is 0. The number of pyridine rings is 2. The van der Waals surface area contributed by atoms with Gasteiger partial charge in [-0.05, 0) is 91.0 Å². The number of hydrogen-bond donors (Lipinski definition) is 0. The fourth-order valence-corrected chi connectivity index (χ4v) is 13.3. The summed E-state index contributed by atoms with van der Waals surface area (Å²) in [7, 11) is 0. The van der Waals surface area contributed by atoms with Crippen molar-refractivity contribution in [2.45, 2.75) is 0 Å². The minimum absolute atomic E-state index is 0.0171. The molecule has 0 amide bonds. The van der Waals surface area contributed by atoms with E-state index in [2.05, 4.69) is 235 Å². The first kappa shape index (κ1) is 40.4. The third-order valence-corrected chi connectivity index (χ3v) is 16.2. The van der Waals surface area contributed by atoms with Gasteiger partial charge in [0.2, 0.25) is 0 Å². The van der Waals surface area contributed by atoms with Crippen molar-refractivity contribution in [3.63, 3.8) is 0 Å². The van der Waals surface area contributed by atoms with Crippen LogP contribution in [0.1, 0.15) is 0 Å². The lowest BCUT2D eigenvalue weighted by Gasteiger charge is -2.27. The summed E-state index contributed by atoms with van der Waals surface area (Å²) in [6.45, 7) is 0. The second-order valence-electron chi connectivity index (χ2n) is 19.8. The Morgan fingerprint density at radius 1 is 0.267 bits per heavy atom. The van der Waals surface area contributed by atoms with E-state index in [1.165, 1.54) is 0 Å². The van der Waals surface area contributed by atoms with Gasteiger partial charge in [0.1, 0.15) is 0 Å².